The molecule has 2 aromatic heterocycles. The molecule has 94 valence electrons. The molecule has 0 saturated carbocycles. The van der Waals surface area contributed by atoms with Gasteiger partial charge in [0.05, 0.1) is 10.2 Å². The van der Waals surface area contributed by atoms with Crippen molar-refractivity contribution >= 4 is 21.7 Å². The summed E-state index contributed by atoms with van der Waals surface area (Å²) in [6, 6.07) is 1.77. The highest BCUT2D eigenvalue weighted by Gasteiger charge is 2.13. The first kappa shape index (κ1) is 12.9. The van der Waals surface area contributed by atoms with Crippen LogP contribution in [-0.2, 0) is 6.42 Å². The van der Waals surface area contributed by atoms with Gasteiger partial charge in [0.25, 0.3) is 0 Å². The number of nitrogens with zero attached hydrogens (tertiary/aromatic N) is 4. The molecule has 0 aliphatic carbocycles. The number of nitrogen functional groups attached to an aromatic ring is 1. The van der Waals surface area contributed by atoms with E-state index in [1.807, 2.05) is 0 Å². The monoisotopic (exact) mass is 307 g/mol. The predicted molar refractivity (Wildman–Crippen MR) is 73.7 cm³/mol. The molecule has 6 heteroatoms. The standard InChI is InChI=1S/C12H14BrN5/c1-7(2)5-9-10(13)11(14)18-12(17-9)8-3-4-15-6-16-8/h3-4,6-7H,5H2,1-2H3,(H2,14,17,18). The van der Waals surface area contributed by atoms with Crippen molar-refractivity contribution in [3.05, 3.63) is 28.8 Å². The van der Waals surface area contributed by atoms with Crippen LogP contribution in [0, 0.1) is 5.92 Å². The topological polar surface area (TPSA) is 77.6 Å². The highest BCUT2D eigenvalue weighted by molar-refractivity contribution is 9.10. The lowest BCUT2D eigenvalue weighted by Crippen LogP contribution is -2.06. The van der Waals surface area contributed by atoms with Crippen molar-refractivity contribution in [3.63, 3.8) is 0 Å². The molecule has 0 unspecified atom stereocenters. The summed E-state index contributed by atoms with van der Waals surface area (Å²) in [7, 11) is 0. The molecule has 0 spiro atoms. The van der Waals surface area contributed by atoms with E-state index < -0.39 is 0 Å². The van der Waals surface area contributed by atoms with E-state index in [2.05, 4.69) is 49.7 Å². The second-order valence-electron chi connectivity index (χ2n) is 4.39. The van der Waals surface area contributed by atoms with Gasteiger partial charge in [0, 0.05) is 6.20 Å². The van der Waals surface area contributed by atoms with Crippen molar-refractivity contribution in [2.45, 2.75) is 20.3 Å². The molecule has 0 saturated heterocycles. The SMILES string of the molecule is CC(C)Cc1nc(-c2ccncn2)nc(N)c1Br. The van der Waals surface area contributed by atoms with Gasteiger partial charge in [-0.15, -0.1) is 0 Å². The Morgan fingerprint density at radius 3 is 2.72 bits per heavy atom. The van der Waals surface area contributed by atoms with Crippen molar-refractivity contribution in [3.8, 4) is 11.5 Å². The van der Waals surface area contributed by atoms with Crippen molar-refractivity contribution in [1.29, 1.82) is 0 Å². The van der Waals surface area contributed by atoms with E-state index in [4.69, 9.17) is 5.73 Å². The van der Waals surface area contributed by atoms with Crippen LogP contribution in [0.5, 0.6) is 0 Å². The molecule has 2 heterocycles. The molecule has 0 aromatic carbocycles. The Balaban J connectivity index is 2.47. The fourth-order valence-electron chi connectivity index (χ4n) is 1.57. The van der Waals surface area contributed by atoms with Crippen LogP contribution in [0.4, 0.5) is 5.82 Å². The minimum atomic E-state index is 0.439. The molecule has 0 aliphatic rings. The normalized spacial score (nSPS) is 10.9. The molecule has 0 amide bonds. The lowest BCUT2D eigenvalue weighted by Gasteiger charge is -2.10. The predicted octanol–water partition coefficient (Wildman–Crippen LogP) is 2.48. The van der Waals surface area contributed by atoms with Gasteiger partial charge in [-0.1, -0.05) is 13.8 Å². The Labute approximate surface area is 114 Å². The molecule has 2 rings (SSSR count). The van der Waals surface area contributed by atoms with Gasteiger partial charge >= 0.3 is 0 Å². The van der Waals surface area contributed by atoms with Gasteiger partial charge in [-0.05, 0) is 34.3 Å². The lowest BCUT2D eigenvalue weighted by molar-refractivity contribution is 0.632. The first-order valence-electron chi connectivity index (χ1n) is 5.66. The van der Waals surface area contributed by atoms with E-state index >= 15 is 0 Å². The maximum Gasteiger partial charge on any atom is 0.180 e. The minimum Gasteiger partial charge on any atom is -0.383 e. The number of hydrogen-bond donors (Lipinski definition) is 1. The molecule has 0 radical (unpaired) electrons. The van der Waals surface area contributed by atoms with E-state index in [9.17, 15) is 0 Å². The molecular weight excluding hydrogens is 294 g/mol. The Morgan fingerprint density at radius 1 is 1.33 bits per heavy atom. The molecule has 0 bridgehead atoms. The summed E-state index contributed by atoms with van der Waals surface area (Å²) < 4.78 is 0.772. The van der Waals surface area contributed by atoms with Gasteiger partial charge in [-0.3, -0.25) is 0 Å². The Morgan fingerprint density at radius 2 is 2.11 bits per heavy atom. The van der Waals surface area contributed by atoms with Crippen LogP contribution in [0.1, 0.15) is 19.5 Å². The van der Waals surface area contributed by atoms with Crippen LogP contribution in [0.2, 0.25) is 0 Å². The van der Waals surface area contributed by atoms with Crippen molar-refractivity contribution in [2.24, 2.45) is 5.92 Å². The highest BCUT2D eigenvalue weighted by Crippen LogP contribution is 2.25. The third kappa shape index (κ3) is 2.81. The summed E-state index contributed by atoms with van der Waals surface area (Å²) in [5, 5.41) is 0. The van der Waals surface area contributed by atoms with Gasteiger partial charge in [-0.2, -0.15) is 0 Å². The number of nitrogens with two attached hydrogens (primary N) is 1. The van der Waals surface area contributed by atoms with Gasteiger partial charge in [0.2, 0.25) is 0 Å². The molecule has 0 aliphatic heterocycles. The summed E-state index contributed by atoms with van der Waals surface area (Å²) in [5.41, 5.74) is 7.48. The smallest absolute Gasteiger partial charge is 0.180 e. The largest absolute Gasteiger partial charge is 0.383 e. The van der Waals surface area contributed by atoms with Crippen molar-refractivity contribution in [2.75, 3.05) is 5.73 Å². The van der Waals surface area contributed by atoms with Crippen LogP contribution in [0.3, 0.4) is 0 Å². The second-order valence-corrected chi connectivity index (χ2v) is 5.18. The third-order valence-electron chi connectivity index (χ3n) is 2.36. The summed E-state index contributed by atoms with van der Waals surface area (Å²) in [4.78, 5) is 16.8. The van der Waals surface area contributed by atoms with Crippen LogP contribution >= 0.6 is 15.9 Å². The molecule has 0 atom stereocenters. The molecular formula is C12H14BrN5. The second kappa shape index (κ2) is 5.39. The van der Waals surface area contributed by atoms with Crippen LogP contribution in [0.15, 0.2) is 23.1 Å². The number of anilines is 1. The number of halogens is 1. The van der Waals surface area contributed by atoms with Crippen LogP contribution < -0.4 is 5.73 Å². The minimum absolute atomic E-state index is 0.439. The fourth-order valence-corrected chi connectivity index (χ4v) is 1.91. The molecule has 2 aromatic rings. The highest BCUT2D eigenvalue weighted by atomic mass is 79.9. The van der Waals surface area contributed by atoms with E-state index in [1.54, 1.807) is 12.3 Å². The van der Waals surface area contributed by atoms with E-state index in [-0.39, 0.29) is 0 Å². The average Bonchev–Trinajstić information content (AvgIpc) is 2.35. The lowest BCUT2D eigenvalue weighted by atomic mass is 10.1. The third-order valence-corrected chi connectivity index (χ3v) is 3.22. The first-order valence-corrected chi connectivity index (χ1v) is 6.45. The van der Waals surface area contributed by atoms with Crippen molar-refractivity contribution in [1.82, 2.24) is 19.9 Å². The number of aromatic nitrogens is 4. The first-order chi connectivity index (χ1) is 8.58. The van der Waals surface area contributed by atoms with E-state index in [0.29, 0.717) is 23.3 Å². The maximum atomic E-state index is 5.89. The summed E-state index contributed by atoms with van der Waals surface area (Å²) in [5.74, 6) is 1.47. The van der Waals surface area contributed by atoms with Gasteiger partial charge < -0.3 is 5.73 Å². The van der Waals surface area contributed by atoms with E-state index in [0.717, 1.165) is 16.6 Å². The molecule has 2 N–H and O–H groups in total. The van der Waals surface area contributed by atoms with Gasteiger partial charge in [0.15, 0.2) is 5.82 Å². The summed E-state index contributed by atoms with van der Waals surface area (Å²) >= 11 is 3.43. The zero-order chi connectivity index (χ0) is 13.1. The quantitative estimate of drug-likeness (QED) is 0.942. The summed E-state index contributed by atoms with van der Waals surface area (Å²) in [6.07, 6.45) is 3.97. The van der Waals surface area contributed by atoms with Gasteiger partial charge in [-0.25, -0.2) is 19.9 Å². The number of hydrogen-bond acceptors (Lipinski definition) is 5. The summed E-state index contributed by atoms with van der Waals surface area (Å²) in [6.45, 7) is 4.27. The zero-order valence-corrected chi connectivity index (χ0v) is 11.8. The Hall–Kier alpha value is -1.56. The maximum absolute atomic E-state index is 5.89. The molecule has 18 heavy (non-hydrogen) atoms. The fraction of sp³-hybridized carbons (Fsp3) is 0.333. The Bertz CT molecular complexity index is 542. The zero-order valence-electron chi connectivity index (χ0n) is 10.3. The van der Waals surface area contributed by atoms with Crippen LogP contribution in [0.25, 0.3) is 11.5 Å². The molecule has 5 nitrogen and oxygen atoms in total. The number of rotatable bonds is 3. The van der Waals surface area contributed by atoms with Crippen LogP contribution in [-0.4, -0.2) is 19.9 Å². The molecule has 0 fully saturated rings. The Kier molecular flexibility index (Phi) is 3.86. The van der Waals surface area contributed by atoms with Crippen molar-refractivity contribution < 1.29 is 0 Å². The average molecular weight is 308 g/mol. The van der Waals surface area contributed by atoms with E-state index in [1.165, 1.54) is 6.33 Å². The van der Waals surface area contributed by atoms with Gasteiger partial charge in [0.1, 0.15) is 17.8 Å².